The molecule has 2 aromatic carbocycles. The highest BCUT2D eigenvalue weighted by Crippen LogP contribution is 2.41. The lowest BCUT2D eigenvalue weighted by Crippen LogP contribution is -2.45. The van der Waals surface area contributed by atoms with Gasteiger partial charge in [-0.25, -0.2) is 9.59 Å². The molecule has 1 aliphatic carbocycles. The maximum Gasteiger partial charge on any atom is 0.340 e. The minimum atomic E-state index is -1.57. The molecule has 0 fully saturated rings. The molecule has 1 aliphatic heterocycles. The summed E-state index contributed by atoms with van der Waals surface area (Å²) in [7, 11) is 2.21. The fraction of sp³-hybridized carbons (Fsp3) is 0.240. The van der Waals surface area contributed by atoms with Crippen molar-refractivity contribution in [1.82, 2.24) is 0 Å². The number of rotatable bonds is 5. The van der Waals surface area contributed by atoms with Crippen LogP contribution in [0.15, 0.2) is 47.7 Å². The number of carbonyl (C=O) groups excluding carboxylic acids is 5. The molecule has 4 rings (SSSR count). The van der Waals surface area contributed by atoms with E-state index in [0.717, 1.165) is 19.1 Å². The summed E-state index contributed by atoms with van der Waals surface area (Å²) in [4.78, 5) is 66.8. The molecule has 0 radical (unpaired) electrons. The number of ketones is 2. The lowest BCUT2D eigenvalue weighted by molar-refractivity contribution is -0.144. The summed E-state index contributed by atoms with van der Waals surface area (Å²) in [6.07, 6.45) is 0. The topological polar surface area (TPSA) is 116 Å². The van der Waals surface area contributed by atoms with E-state index in [9.17, 15) is 24.0 Å². The highest BCUT2D eigenvalue weighted by molar-refractivity contribution is 6.32. The van der Waals surface area contributed by atoms with Crippen LogP contribution in [0.1, 0.15) is 44.3 Å². The van der Waals surface area contributed by atoms with Gasteiger partial charge in [0.15, 0.2) is 23.4 Å². The van der Waals surface area contributed by atoms with Crippen LogP contribution in [-0.2, 0) is 28.6 Å². The fourth-order valence-corrected chi connectivity index (χ4v) is 4.34. The molecule has 0 N–H and O–H groups in total. The van der Waals surface area contributed by atoms with Gasteiger partial charge in [-0.05, 0) is 25.5 Å². The predicted octanol–water partition coefficient (Wildman–Crippen LogP) is 2.12. The van der Waals surface area contributed by atoms with Crippen molar-refractivity contribution in [2.75, 3.05) is 25.7 Å². The first-order valence-electron chi connectivity index (χ1n) is 10.5. The molecule has 2 aliphatic rings. The van der Waals surface area contributed by atoms with Crippen LogP contribution in [0.4, 0.5) is 5.69 Å². The monoisotopic (exact) mass is 463 g/mol. The molecular weight excluding hydrogens is 442 g/mol. The minimum absolute atomic E-state index is 0.0277. The second kappa shape index (κ2) is 8.58. The number of aryl methyl sites for hydroxylation is 1. The van der Waals surface area contributed by atoms with Crippen LogP contribution >= 0.6 is 0 Å². The molecule has 1 unspecified atom stereocenters. The third-order valence-electron chi connectivity index (χ3n) is 5.82. The molecule has 0 saturated carbocycles. The predicted molar refractivity (Wildman–Crippen MR) is 118 cm³/mol. The van der Waals surface area contributed by atoms with E-state index in [1.54, 1.807) is 38.1 Å². The number of nitrogens with zero attached hydrogens (tertiary/aromatic N) is 1. The van der Waals surface area contributed by atoms with E-state index >= 15 is 0 Å². The Morgan fingerprint density at radius 2 is 1.56 bits per heavy atom. The Morgan fingerprint density at radius 1 is 0.912 bits per heavy atom. The van der Waals surface area contributed by atoms with Crippen LogP contribution in [0, 0.1) is 6.92 Å². The van der Waals surface area contributed by atoms with Crippen molar-refractivity contribution in [1.29, 1.82) is 0 Å². The number of methoxy groups -OCH3 is 2. The van der Waals surface area contributed by atoms with Gasteiger partial charge < -0.3 is 14.2 Å². The van der Waals surface area contributed by atoms with Gasteiger partial charge in [-0.3, -0.25) is 19.3 Å². The maximum atomic E-state index is 13.6. The summed E-state index contributed by atoms with van der Waals surface area (Å²) in [6.45, 7) is 3.27. The van der Waals surface area contributed by atoms with Gasteiger partial charge in [0.1, 0.15) is 5.57 Å². The van der Waals surface area contributed by atoms with Crippen LogP contribution in [-0.4, -0.2) is 56.3 Å². The summed E-state index contributed by atoms with van der Waals surface area (Å²) < 4.78 is 15.1. The van der Waals surface area contributed by atoms with E-state index in [1.807, 2.05) is 0 Å². The number of fused-ring (bicyclic) bond motifs is 2. The van der Waals surface area contributed by atoms with Crippen molar-refractivity contribution in [2.45, 2.75) is 19.9 Å². The molecule has 1 heterocycles. The molecule has 174 valence electrons. The maximum absolute atomic E-state index is 13.6. The molecule has 0 aromatic heterocycles. The number of benzene rings is 2. The molecule has 0 saturated heterocycles. The SMILES string of the molecule is CCOC1=C(C(=O)OC)C(C(=O)OC)N(c2c(C)ccc3c2C(=O)c2ccccc2C3=O)C1=O. The van der Waals surface area contributed by atoms with Gasteiger partial charge >= 0.3 is 11.9 Å². The van der Waals surface area contributed by atoms with E-state index in [2.05, 4.69) is 0 Å². The summed E-state index contributed by atoms with van der Waals surface area (Å²) in [6, 6.07) is 7.88. The Morgan fingerprint density at radius 3 is 2.15 bits per heavy atom. The second-order valence-corrected chi connectivity index (χ2v) is 7.63. The van der Waals surface area contributed by atoms with Gasteiger partial charge in [0.2, 0.25) is 0 Å². The number of amides is 1. The van der Waals surface area contributed by atoms with Crippen molar-refractivity contribution in [3.8, 4) is 0 Å². The molecule has 1 amide bonds. The third kappa shape index (κ3) is 3.20. The Balaban J connectivity index is 2.01. The first-order chi connectivity index (χ1) is 16.3. The largest absolute Gasteiger partial charge is 0.488 e. The zero-order valence-corrected chi connectivity index (χ0v) is 19.0. The molecule has 0 bridgehead atoms. The standard InChI is InChI=1S/C25H21NO8/c1-5-34-22-17(24(30)32-3)19(25(31)33-4)26(23(22)29)18-12(2)10-11-15-16(18)21(28)14-9-7-6-8-13(14)20(15)27/h6-11,19H,5H2,1-4H3. The molecule has 9 heteroatoms. The van der Waals surface area contributed by atoms with Gasteiger partial charge in [0.25, 0.3) is 5.91 Å². The van der Waals surface area contributed by atoms with E-state index in [4.69, 9.17) is 14.2 Å². The zero-order valence-electron chi connectivity index (χ0n) is 19.0. The number of anilines is 1. The number of hydrogen-bond acceptors (Lipinski definition) is 8. The number of carbonyl (C=O) groups is 5. The van der Waals surface area contributed by atoms with Crippen LogP contribution < -0.4 is 4.90 Å². The van der Waals surface area contributed by atoms with Gasteiger partial charge in [0.05, 0.1) is 32.1 Å². The summed E-state index contributed by atoms with van der Waals surface area (Å²) >= 11 is 0. The van der Waals surface area contributed by atoms with E-state index in [-0.39, 0.29) is 51.7 Å². The third-order valence-corrected chi connectivity index (χ3v) is 5.82. The Hall–Kier alpha value is -4.27. The second-order valence-electron chi connectivity index (χ2n) is 7.63. The van der Waals surface area contributed by atoms with Crippen molar-refractivity contribution < 1.29 is 38.2 Å². The molecule has 9 nitrogen and oxygen atoms in total. The summed E-state index contributed by atoms with van der Waals surface area (Å²) in [5, 5.41) is 0. The van der Waals surface area contributed by atoms with Gasteiger partial charge in [-0.15, -0.1) is 0 Å². The van der Waals surface area contributed by atoms with E-state index in [0.29, 0.717) is 5.56 Å². The average Bonchev–Trinajstić information content (AvgIpc) is 3.13. The molecule has 34 heavy (non-hydrogen) atoms. The van der Waals surface area contributed by atoms with Gasteiger partial charge in [0, 0.05) is 16.7 Å². The van der Waals surface area contributed by atoms with Crippen molar-refractivity contribution in [3.63, 3.8) is 0 Å². The fourth-order valence-electron chi connectivity index (χ4n) is 4.34. The van der Waals surface area contributed by atoms with E-state index in [1.165, 1.54) is 12.1 Å². The van der Waals surface area contributed by atoms with Crippen LogP contribution in [0.2, 0.25) is 0 Å². The average molecular weight is 463 g/mol. The number of hydrogen-bond donors (Lipinski definition) is 0. The van der Waals surface area contributed by atoms with Crippen LogP contribution in [0.25, 0.3) is 0 Å². The first-order valence-corrected chi connectivity index (χ1v) is 10.5. The minimum Gasteiger partial charge on any atom is -0.488 e. The highest BCUT2D eigenvalue weighted by Gasteiger charge is 2.51. The molecule has 2 aromatic rings. The molecule has 0 spiro atoms. The summed E-state index contributed by atoms with van der Waals surface area (Å²) in [5.41, 5.74) is 0.603. The summed E-state index contributed by atoms with van der Waals surface area (Å²) in [5.74, 6) is -3.96. The first kappa shape index (κ1) is 22.9. The molecular formula is C25H21NO8. The Labute approximate surface area is 194 Å². The van der Waals surface area contributed by atoms with Crippen molar-refractivity contribution in [3.05, 3.63) is 75.5 Å². The Kier molecular flexibility index (Phi) is 5.78. The smallest absolute Gasteiger partial charge is 0.340 e. The van der Waals surface area contributed by atoms with Crippen LogP contribution in [0.5, 0.6) is 0 Å². The van der Waals surface area contributed by atoms with Crippen LogP contribution in [0.3, 0.4) is 0 Å². The lowest BCUT2D eigenvalue weighted by atomic mass is 9.82. The van der Waals surface area contributed by atoms with Gasteiger partial charge in [-0.2, -0.15) is 0 Å². The quantitative estimate of drug-likeness (QED) is 0.529. The van der Waals surface area contributed by atoms with Gasteiger partial charge in [-0.1, -0.05) is 30.3 Å². The van der Waals surface area contributed by atoms with Crippen molar-refractivity contribution >= 4 is 35.1 Å². The number of ether oxygens (including phenoxy) is 3. The highest BCUT2D eigenvalue weighted by atomic mass is 16.5. The van der Waals surface area contributed by atoms with Crippen molar-refractivity contribution in [2.24, 2.45) is 0 Å². The zero-order chi connectivity index (χ0) is 24.7. The molecule has 1 atom stereocenters. The lowest BCUT2D eigenvalue weighted by Gasteiger charge is -2.30. The normalized spacial score (nSPS) is 16.9. The van der Waals surface area contributed by atoms with E-state index < -0.39 is 29.7 Å². The number of esters is 2. The Bertz CT molecular complexity index is 1310.